The minimum Gasteiger partial charge on any atom is -0.354 e. The van der Waals surface area contributed by atoms with Crippen LogP contribution in [-0.4, -0.2) is 23.5 Å². The van der Waals surface area contributed by atoms with Crippen molar-refractivity contribution in [3.05, 3.63) is 0 Å². The minimum absolute atomic E-state index is 0.0467. The van der Waals surface area contributed by atoms with E-state index in [1.54, 1.807) is 17.8 Å². The van der Waals surface area contributed by atoms with Gasteiger partial charge >= 0.3 is 0 Å². The summed E-state index contributed by atoms with van der Waals surface area (Å²) < 4.78 is 0.0467. The Balaban J connectivity index is 3.69. The Morgan fingerprint density at radius 3 is 2.67 bits per heavy atom. The van der Waals surface area contributed by atoms with Crippen LogP contribution in [0.2, 0.25) is 0 Å². The number of hydrogen-bond donors (Lipinski definition) is 1. The van der Waals surface area contributed by atoms with Crippen LogP contribution in [0.4, 0.5) is 0 Å². The quantitative estimate of drug-likeness (QED) is 0.716. The van der Waals surface area contributed by atoms with Gasteiger partial charge in [0.1, 0.15) is 6.42 Å². The Bertz CT molecular complexity index is 196. The van der Waals surface area contributed by atoms with Crippen molar-refractivity contribution in [3.8, 4) is 6.07 Å². The maximum Gasteiger partial charge on any atom is 0.234 e. The van der Waals surface area contributed by atoms with E-state index in [0.717, 1.165) is 0 Å². The van der Waals surface area contributed by atoms with Gasteiger partial charge in [0, 0.05) is 11.3 Å². The lowest BCUT2D eigenvalue weighted by Crippen LogP contribution is -2.35. The molecule has 0 bridgehead atoms. The number of nitriles is 1. The summed E-state index contributed by atoms with van der Waals surface area (Å²) in [7, 11) is 0. The number of rotatable bonds is 4. The van der Waals surface area contributed by atoms with Gasteiger partial charge in [0.05, 0.1) is 6.07 Å². The zero-order chi connectivity index (χ0) is 9.61. The van der Waals surface area contributed by atoms with E-state index in [2.05, 4.69) is 5.32 Å². The molecule has 0 aromatic carbocycles. The Morgan fingerprint density at radius 1 is 1.67 bits per heavy atom. The molecule has 0 radical (unpaired) electrons. The lowest BCUT2D eigenvalue weighted by molar-refractivity contribution is -0.120. The van der Waals surface area contributed by atoms with Crippen molar-refractivity contribution in [1.29, 1.82) is 5.26 Å². The van der Waals surface area contributed by atoms with Crippen molar-refractivity contribution in [2.24, 2.45) is 0 Å². The monoisotopic (exact) mass is 186 g/mol. The lowest BCUT2D eigenvalue weighted by Gasteiger charge is -2.21. The summed E-state index contributed by atoms with van der Waals surface area (Å²) in [4.78, 5) is 10.9. The molecule has 0 rings (SSSR count). The zero-order valence-corrected chi connectivity index (χ0v) is 8.49. The summed E-state index contributed by atoms with van der Waals surface area (Å²) in [6.07, 6.45) is 1.95. The van der Waals surface area contributed by atoms with Gasteiger partial charge in [-0.3, -0.25) is 4.79 Å². The maximum atomic E-state index is 10.9. The first-order chi connectivity index (χ1) is 5.52. The van der Waals surface area contributed by atoms with Crippen LogP contribution in [-0.2, 0) is 4.79 Å². The van der Waals surface area contributed by atoms with E-state index in [4.69, 9.17) is 5.26 Å². The molecule has 0 aliphatic rings. The standard InChI is InChI=1S/C8H14N2OS/c1-8(2,12-3)6-10-7(11)4-5-9/h4,6H2,1-3H3,(H,10,11). The van der Waals surface area contributed by atoms with Crippen LogP contribution in [0.15, 0.2) is 0 Å². The Kier molecular flexibility index (Phi) is 4.75. The van der Waals surface area contributed by atoms with E-state index in [-0.39, 0.29) is 17.1 Å². The van der Waals surface area contributed by atoms with Crippen LogP contribution < -0.4 is 5.32 Å². The highest BCUT2D eigenvalue weighted by Crippen LogP contribution is 2.19. The predicted octanol–water partition coefficient (Wildman–Crippen LogP) is 1.16. The highest BCUT2D eigenvalue weighted by molar-refractivity contribution is 7.99. The molecule has 68 valence electrons. The third-order valence-corrected chi connectivity index (χ3v) is 2.75. The fraction of sp³-hybridized carbons (Fsp3) is 0.750. The molecule has 0 saturated carbocycles. The lowest BCUT2D eigenvalue weighted by atomic mass is 10.2. The topological polar surface area (TPSA) is 52.9 Å². The van der Waals surface area contributed by atoms with Crippen molar-refractivity contribution < 1.29 is 4.79 Å². The van der Waals surface area contributed by atoms with Crippen molar-refractivity contribution in [2.75, 3.05) is 12.8 Å². The summed E-state index contributed by atoms with van der Waals surface area (Å²) in [5, 5.41) is 10.9. The van der Waals surface area contributed by atoms with Crippen molar-refractivity contribution in [1.82, 2.24) is 5.32 Å². The molecule has 1 N–H and O–H groups in total. The van der Waals surface area contributed by atoms with Crippen LogP contribution in [0.3, 0.4) is 0 Å². The Hall–Kier alpha value is -0.690. The average molecular weight is 186 g/mol. The number of thioether (sulfide) groups is 1. The van der Waals surface area contributed by atoms with Crippen molar-refractivity contribution in [2.45, 2.75) is 25.0 Å². The number of hydrogen-bond acceptors (Lipinski definition) is 3. The molecule has 0 atom stereocenters. The molecule has 0 fully saturated rings. The molecule has 0 aliphatic heterocycles. The molecule has 3 nitrogen and oxygen atoms in total. The largest absolute Gasteiger partial charge is 0.354 e. The van der Waals surface area contributed by atoms with Gasteiger partial charge in [-0.05, 0) is 20.1 Å². The fourth-order valence-electron chi connectivity index (χ4n) is 0.518. The van der Waals surface area contributed by atoms with E-state index in [1.165, 1.54) is 0 Å². The van der Waals surface area contributed by atoms with Gasteiger partial charge in [0.2, 0.25) is 5.91 Å². The number of carbonyl (C=O) groups excluding carboxylic acids is 1. The molecule has 0 saturated heterocycles. The number of amides is 1. The zero-order valence-electron chi connectivity index (χ0n) is 7.68. The molecule has 0 aromatic rings. The first kappa shape index (κ1) is 11.3. The molecule has 0 spiro atoms. The van der Waals surface area contributed by atoms with E-state index in [9.17, 15) is 4.79 Å². The van der Waals surface area contributed by atoms with Gasteiger partial charge in [0.25, 0.3) is 0 Å². The third-order valence-electron chi connectivity index (χ3n) is 1.50. The molecular formula is C8H14N2OS. The van der Waals surface area contributed by atoms with Crippen molar-refractivity contribution in [3.63, 3.8) is 0 Å². The first-order valence-corrected chi connectivity index (χ1v) is 4.93. The van der Waals surface area contributed by atoms with Gasteiger partial charge in [-0.1, -0.05) is 0 Å². The highest BCUT2D eigenvalue weighted by Gasteiger charge is 2.16. The van der Waals surface area contributed by atoms with Gasteiger partial charge in [0.15, 0.2) is 0 Å². The van der Waals surface area contributed by atoms with Gasteiger partial charge < -0.3 is 5.32 Å². The van der Waals surface area contributed by atoms with Crippen LogP contribution in [0, 0.1) is 11.3 Å². The SMILES string of the molecule is CSC(C)(C)CNC(=O)CC#N. The Morgan fingerprint density at radius 2 is 2.25 bits per heavy atom. The molecule has 0 aliphatic carbocycles. The number of carbonyl (C=O) groups is 1. The summed E-state index contributed by atoms with van der Waals surface area (Å²) in [6, 6.07) is 1.80. The van der Waals surface area contributed by atoms with Crippen molar-refractivity contribution >= 4 is 17.7 Å². The second-order valence-corrected chi connectivity index (χ2v) is 4.59. The number of nitrogens with one attached hydrogen (secondary N) is 1. The minimum atomic E-state index is -0.195. The van der Waals surface area contributed by atoms with E-state index >= 15 is 0 Å². The first-order valence-electron chi connectivity index (χ1n) is 3.70. The van der Waals surface area contributed by atoms with E-state index in [0.29, 0.717) is 6.54 Å². The van der Waals surface area contributed by atoms with Crippen LogP contribution in [0.5, 0.6) is 0 Å². The van der Waals surface area contributed by atoms with Gasteiger partial charge in [-0.2, -0.15) is 17.0 Å². The maximum absolute atomic E-state index is 10.9. The molecule has 12 heavy (non-hydrogen) atoms. The third kappa shape index (κ3) is 5.03. The molecule has 0 heterocycles. The summed E-state index contributed by atoms with van der Waals surface area (Å²) in [6.45, 7) is 4.70. The van der Waals surface area contributed by atoms with Crippen LogP contribution in [0.25, 0.3) is 0 Å². The van der Waals surface area contributed by atoms with E-state index in [1.807, 2.05) is 20.1 Å². The van der Waals surface area contributed by atoms with E-state index < -0.39 is 0 Å². The average Bonchev–Trinajstić information content (AvgIpc) is 2.02. The smallest absolute Gasteiger partial charge is 0.234 e. The molecular weight excluding hydrogens is 172 g/mol. The molecule has 1 amide bonds. The second kappa shape index (κ2) is 5.04. The summed E-state index contributed by atoms with van der Waals surface area (Å²) in [5.74, 6) is -0.195. The second-order valence-electron chi connectivity index (χ2n) is 3.08. The highest BCUT2D eigenvalue weighted by atomic mass is 32.2. The van der Waals surface area contributed by atoms with Crippen LogP contribution >= 0.6 is 11.8 Å². The fourth-order valence-corrected chi connectivity index (χ4v) is 0.734. The Labute approximate surface area is 77.5 Å². The predicted molar refractivity (Wildman–Crippen MR) is 50.8 cm³/mol. The normalized spacial score (nSPS) is 10.5. The van der Waals surface area contributed by atoms with Gasteiger partial charge in [-0.25, -0.2) is 0 Å². The van der Waals surface area contributed by atoms with Crippen LogP contribution in [0.1, 0.15) is 20.3 Å². The number of nitrogens with zero attached hydrogens (tertiary/aromatic N) is 1. The van der Waals surface area contributed by atoms with Gasteiger partial charge in [-0.15, -0.1) is 0 Å². The molecule has 4 heteroatoms. The summed E-state index contributed by atoms with van der Waals surface area (Å²) in [5.41, 5.74) is 0. The summed E-state index contributed by atoms with van der Waals surface area (Å²) >= 11 is 1.69. The molecule has 0 unspecified atom stereocenters. The molecule has 0 aromatic heterocycles.